The summed E-state index contributed by atoms with van der Waals surface area (Å²) in [6.45, 7) is 2.67. The van der Waals surface area contributed by atoms with E-state index in [1.807, 2.05) is 6.07 Å². The van der Waals surface area contributed by atoms with Gasteiger partial charge in [0.2, 0.25) is 5.91 Å². The first-order valence-electron chi connectivity index (χ1n) is 6.79. The number of benzene rings is 1. The van der Waals surface area contributed by atoms with Gasteiger partial charge in [-0.05, 0) is 18.4 Å². The molecule has 1 aliphatic heterocycles. The average molecular weight is 277 g/mol. The lowest BCUT2D eigenvalue weighted by molar-refractivity contribution is -0.149. The molecule has 1 aliphatic rings. The number of aliphatic carboxylic acids is 1. The van der Waals surface area contributed by atoms with E-state index in [1.165, 1.54) is 0 Å². The van der Waals surface area contributed by atoms with Crippen molar-refractivity contribution in [1.82, 2.24) is 5.32 Å². The molecule has 1 aromatic carbocycles. The summed E-state index contributed by atoms with van der Waals surface area (Å²) in [5.41, 5.74) is -0.789. The second kappa shape index (κ2) is 6.05. The number of ether oxygens (including phenoxy) is 1. The van der Waals surface area contributed by atoms with Crippen molar-refractivity contribution in [2.75, 3.05) is 13.2 Å². The van der Waals surface area contributed by atoms with Gasteiger partial charge in [-0.2, -0.15) is 0 Å². The Hall–Kier alpha value is -1.88. The van der Waals surface area contributed by atoms with Crippen LogP contribution >= 0.6 is 0 Å². The number of carbonyl (C=O) groups excluding carboxylic acids is 1. The number of carboxylic acids is 1. The minimum atomic E-state index is -1.37. The van der Waals surface area contributed by atoms with Crippen LogP contribution < -0.4 is 5.32 Å². The monoisotopic (exact) mass is 277 g/mol. The van der Waals surface area contributed by atoms with Crippen molar-refractivity contribution in [3.05, 3.63) is 35.9 Å². The molecular weight excluding hydrogens is 258 g/mol. The van der Waals surface area contributed by atoms with E-state index in [4.69, 9.17) is 4.74 Å². The third-order valence-electron chi connectivity index (χ3n) is 3.80. The van der Waals surface area contributed by atoms with Crippen molar-refractivity contribution in [2.45, 2.75) is 25.3 Å². The molecule has 1 fully saturated rings. The zero-order chi connectivity index (χ0) is 14.6. The fourth-order valence-electron chi connectivity index (χ4n) is 2.47. The molecule has 0 aromatic heterocycles. The molecule has 0 radical (unpaired) electrons. The summed E-state index contributed by atoms with van der Waals surface area (Å²) in [6.07, 6.45) is 0.922. The predicted octanol–water partition coefficient (Wildman–Crippen LogP) is 1.53. The topological polar surface area (TPSA) is 75.6 Å². The van der Waals surface area contributed by atoms with E-state index in [-0.39, 0.29) is 18.2 Å². The Morgan fingerprint density at radius 1 is 1.40 bits per heavy atom. The van der Waals surface area contributed by atoms with Gasteiger partial charge in [-0.15, -0.1) is 0 Å². The van der Waals surface area contributed by atoms with Crippen LogP contribution in [0.25, 0.3) is 0 Å². The fraction of sp³-hybridized carbons (Fsp3) is 0.467. The van der Waals surface area contributed by atoms with E-state index in [9.17, 15) is 14.7 Å². The maximum Gasteiger partial charge on any atom is 0.334 e. The molecule has 0 unspecified atom stereocenters. The Bertz CT molecular complexity index is 482. The zero-order valence-corrected chi connectivity index (χ0v) is 11.5. The van der Waals surface area contributed by atoms with Crippen LogP contribution in [0.15, 0.2) is 30.3 Å². The van der Waals surface area contributed by atoms with Gasteiger partial charge in [-0.1, -0.05) is 37.3 Å². The highest BCUT2D eigenvalue weighted by molar-refractivity contribution is 5.89. The molecule has 1 aromatic rings. The molecule has 20 heavy (non-hydrogen) atoms. The molecule has 1 saturated heterocycles. The van der Waals surface area contributed by atoms with Gasteiger partial charge in [0.1, 0.15) is 0 Å². The first kappa shape index (κ1) is 14.5. The SMILES string of the molecule is CC[C@](NC(=O)[C@@H]1CCOC1)(C(=O)O)c1ccccc1. The highest BCUT2D eigenvalue weighted by Crippen LogP contribution is 2.27. The molecule has 1 amide bonds. The van der Waals surface area contributed by atoms with Gasteiger partial charge < -0.3 is 15.2 Å². The summed E-state index contributed by atoms with van der Waals surface area (Å²) < 4.78 is 5.18. The van der Waals surface area contributed by atoms with E-state index in [0.717, 1.165) is 0 Å². The molecule has 2 atom stereocenters. The van der Waals surface area contributed by atoms with Gasteiger partial charge in [0.25, 0.3) is 0 Å². The summed E-state index contributed by atoms with van der Waals surface area (Å²) in [6, 6.07) is 8.81. The first-order chi connectivity index (χ1) is 9.60. The normalized spacial score (nSPS) is 21.1. The van der Waals surface area contributed by atoms with Gasteiger partial charge in [0.05, 0.1) is 12.5 Å². The van der Waals surface area contributed by atoms with Crippen LogP contribution in [0.1, 0.15) is 25.3 Å². The molecule has 1 heterocycles. The number of nitrogens with one attached hydrogen (secondary N) is 1. The minimum absolute atomic E-state index is 0.254. The van der Waals surface area contributed by atoms with E-state index >= 15 is 0 Å². The van der Waals surface area contributed by atoms with E-state index in [0.29, 0.717) is 25.2 Å². The number of hydrogen-bond acceptors (Lipinski definition) is 3. The summed E-state index contributed by atoms with van der Waals surface area (Å²) in [4.78, 5) is 24.0. The number of hydrogen-bond donors (Lipinski definition) is 2. The second-order valence-electron chi connectivity index (χ2n) is 4.98. The molecular formula is C15H19NO4. The molecule has 0 saturated carbocycles. The molecule has 0 aliphatic carbocycles. The van der Waals surface area contributed by atoms with Crippen molar-refractivity contribution in [3.8, 4) is 0 Å². The number of carboxylic acid groups (broad SMARTS) is 1. The van der Waals surface area contributed by atoms with Crippen LogP contribution in [-0.4, -0.2) is 30.2 Å². The zero-order valence-electron chi connectivity index (χ0n) is 11.5. The number of rotatable bonds is 5. The maximum absolute atomic E-state index is 12.2. The third kappa shape index (κ3) is 2.67. The van der Waals surface area contributed by atoms with Crippen LogP contribution in [-0.2, 0) is 19.9 Å². The average Bonchev–Trinajstić information content (AvgIpc) is 2.99. The highest BCUT2D eigenvalue weighted by Gasteiger charge is 2.41. The van der Waals surface area contributed by atoms with Crippen molar-refractivity contribution in [1.29, 1.82) is 0 Å². The standard InChI is InChI=1S/C15H19NO4/c1-2-15(14(18)19,12-6-4-3-5-7-12)16-13(17)11-8-9-20-10-11/h3-7,11H,2,8-10H2,1H3,(H,16,17)(H,18,19)/t11-,15-/m1/s1. The van der Waals surface area contributed by atoms with Gasteiger partial charge in [0.15, 0.2) is 5.54 Å². The van der Waals surface area contributed by atoms with E-state index in [1.54, 1.807) is 31.2 Å². The van der Waals surface area contributed by atoms with Gasteiger partial charge >= 0.3 is 5.97 Å². The third-order valence-corrected chi connectivity index (χ3v) is 3.80. The number of amides is 1. The molecule has 2 N–H and O–H groups in total. The van der Waals surface area contributed by atoms with Crippen LogP contribution in [0, 0.1) is 5.92 Å². The molecule has 0 bridgehead atoms. The summed E-state index contributed by atoms with van der Waals surface area (Å²) >= 11 is 0. The smallest absolute Gasteiger partial charge is 0.334 e. The minimum Gasteiger partial charge on any atom is -0.479 e. The Labute approximate surface area is 117 Å². The molecule has 5 heteroatoms. The van der Waals surface area contributed by atoms with E-state index in [2.05, 4.69) is 5.32 Å². The lowest BCUT2D eigenvalue weighted by Gasteiger charge is -2.31. The maximum atomic E-state index is 12.2. The molecule has 0 spiro atoms. The van der Waals surface area contributed by atoms with Gasteiger partial charge in [0, 0.05) is 6.61 Å². The Morgan fingerprint density at radius 2 is 2.10 bits per heavy atom. The predicted molar refractivity (Wildman–Crippen MR) is 73.1 cm³/mol. The Kier molecular flexibility index (Phi) is 4.39. The quantitative estimate of drug-likeness (QED) is 0.855. The van der Waals surface area contributed by atoms with Gasteiger partial charge in [-0.3, -0.25) is 4.79 Å². The highest BCUT2D eigenvalue weighted by atomic mass is 16.5. The summed E-state index contributed by atoms with van der Waals surface area (Å²) in [5, 5.41) is 12.3. The molecule has 5 nitrogen and oxygen atoms in total. The molecule has 2 rings (SSSR count). The number of carbonyl (C=O) groups is 2. The lowest BCUT2D eigenvalue weighted by atomic mass is 9.86. The van der Waals surface area contributed by atoms with Crippen molar-refractivity contribution in [2.24, 2.45) is 5.92 Å². The first-order valence-corrected chi connectivity index (χ1v) is 6.79. The Morgan fingerprint density at radius 3 is 2.60 bits per heavy atom. The van der Waals surface area contributed by atoms with Crippen molar-refractivity contribution in [3.63, 3.8) is 0 Å². The summed E-state index contributed by atoms with van der Waals surface area (Å²) in [5.74, 6) is -1.56. The van der Waals surface area contributed by atoms with Crippen LogP contribution in [0.5, 0.6) is 0 Å². The summed E-state index contributed by atoms with van der Waals surface area (Å²) in [7, 11) is 0. The molecule has 108 valence electrons. The van der Waals surface area contributed by atoms with Crippen molar-refractivity contribution >= 4 is 11.9 Å². The largest absolute Gasteiger partial charge is 0.479 e. The second-order valence-corrected chi connectivity index (χ2v) is 4.98. The Balaban J connectivity index is 2.27. The van der Waals surface area contributed by atoms with Crippen LogP contribution in [0.2, 0.25) is 0 Å². The van der Waals surface area contributed by atoms with Crippen LogP contribution in [0.4, 0.5) is 0 Å². The van der Waals surface area contributed by atoms with Gasteiger partial charge in [-0.25, -0.2) is 4.79 Å². The van der Waals surface area contributed by atoms with Crippen LogP contribution in [0.3, 0.4) is 0 Å². The fourth-order valence-corrected chi connectivity index (χ4v) is 2.47. The van der Waals surface area contributed by atoms with Crippen molar-refractivity contribution < 1.29 is 19.4 Å². The lowest BCUT2D eigenvalue weighted by Crippen LogP contribution is -2.53. The van der Waals surface area contributed by atoms with E-state index < -0.39 is 11.5 Å².